The lowest BCUT2D eigenvalue weighted by Gasteiger charge is -2.57. The summed E-state index contributed by atoms with van der Waals surface area (Å²) in [6.45, 7) is 3.18. The molecule has 0 heterocycles. The van der Waals surface area contributed by atoms with Gasteiger partial charge in [-0.15, -0.1) is 0 Å². The minimum absolute atomic E-state index is 0.368. The summed E-state index contributed by atoms with van der Waals surface area (Å²) < 4.78 is 0. The maximum atomic E-state index is 5.43. The summed E-state index contributed by atoms with van der Waals surface area (Å²) in [5.74, 6) is 2.97. The van der Waals surface area contributed by atoms with Crippen LogP contribution in [0.2, 0.25) is 0 Å². The van der Waals surface area contributed by atoms with Crippen LogP contribution in [0.1, 0.15) is 51.9 Å². The molecule has 4 fully saturated rings. The second-order valence-electron chi connectivity index (χ2n) is 6.58. The van der Waals surface area contributed by atoms with Crippen LogP contribution in [0, 0.1) is 17.8 Å². The molecular formula is C14H24N2S. The van der Waals surface area contributed by atoms with Crippen molar-refractivity contribution in [2.45, 2.75) is 57.4 Å². The van der Waals surface area contributed by atoms with Gasteiger partial charge in [0.15, 0.2) is 5.11 Å². The van der Waals surface area contributed by atoms with Gasteiger partial charge in [-0.05, 0) is 74.9 Å². The predicted molar refractivity (Wildman–Crippen MR) is 74.9 cm³/mol. The molecule has 2 N–H and O–H groups in total. The molecule has 0 saturated heterocycles. The summed E-state index contributed by atoms with van der Waals surface area (Å²) in [7, 11) is 0. The molecule has 3 heteroatoms. The molecule has 96 valence electrons. The minimum Gasteiger partial charge on any atom is -0.363 e. The van der Waals surface area contributed by atoms with E-state index in [-0.39, 0.29) is 0 Å². The van der Waals surface area contributed by atoms with E-state index in [1.807, 2.05) is 0 Å². The summed E-state index contributed by atoms with van der Waals surface area (Å²) in [4.78, 5) is 0. The predicted octanol–water partition coefficient (Wildman–Crippen LogP) is 2.83. The Balaban J connectivity index is 1.64. The van der Waals surface area contributed by atoms with Crippen LogP contribution in [0.15, 0.2) is 0 Å². The monoisotopic (exact) mass is 252 g/mol. The Bertz CT molecular complexity index is 278. The van der Waals surface area contributed by atoms with Crippen LogP contribution < -0.4 is 10.6 Å². The summed E-state index contributed by atoms with van der Waals surface area (Å²) in [6, 6.07) is 0. The van der Waals surface area contributed by atoms with Crippen molar-refractivity contribution in [1.29, 1.82) is 0 Å². The van der Waals surface area contributed by atoms with Crippen molar-refractivity contribution in [3.05, 3.63) is 0 Å². The molecule has 0 amide bonds. The molecule has 2 nitrogen and oxygen atoms in total. The first-order valence-electron chi connectivity index (χ1n) is 7.25. The summed E-state index contributed by atoms with van der Waals surface area (Å²) in [5, 5.41) is 7.90. The van der Waals surface area contributed by atoms with E-state index < -0.39 is 0 Å². The van der Waals surface area contributed by atoms with Crippen molar-refractivity contribution in [2.75, 3.05) is 6.54 Å². The molecule has 0 aromatic heterocycles. The van der Waals surface area contributed by atoms with E-state index in [4.69, 9.17) is 12.2 Å². The first-order valence-corrected chi connectivity index (χ1v) is 7.66. The Kier molecular flexibility index (Phi) is 3.06. The zero-order chi connectivity index (χ0) is 11.9. The summed E-state index contributed by atoms with van der Waals surface area (Å²) >= 11 is 5.43. The van der Waals surface area contributed by atoms with Gasteiger partial charge in [-0.3, -0.25) is 0 Å². The van der Waals surface area contributed by atoms with E-state index in [0.717, 1.165) is 35.8 Å². The molecule has 4 aliphatic rings. The minimum atomic E-state index is 0.368. The van der Waals surface area contributed by atoms with Crippen molar-refractivity contribution in [2.24, 2.45) is 17.8 Å². The van der Waals surface area contributed by atoms with E-state index in [1.54, 1.807) is 0 Å². The van der Waals surface area contributed by atoms with Gasteiger partial charge < -0.3 is 10.6 Å². The Hall–Kier alpha value is -0.310. The highest BCUT2D eigenvalue weighted by molar-refractivity contribution is 7.80. The SMILES string of the molecule is CCCNC(=S)NC12CC3CC(CC(C3)C1)C2. The van der Waals surface area contributed by atoms with Crippen molar-refractivity contribution < 1.29 is 0 Å². The fourth-order valence-corrected chi connectivity index (χ4v) is 5.11. The van der Waals surface area contributed by atoms with E-state index in [2.05, 4.69) is 17.6 Å². The molecule has 4 aliphatic carbocycles. The molecule has 17 heavy (non-hydrogen) atoms. The van der Waals surface area contributed by atoms with Crippen molar-refractivity contribution >= 4 is 17.3 Å². The third kappa shape index (κ3) is 2.31. The number of nitrogens with one attached hydrogen (secondary N) is 2. The van der Waals surface area contributed by atoms with Crippen LogP contribution >= 0.6 is 12.2 Å². The van der Waals surface area contributed by atoms with E-state index in [9.17, 15) is 0 Å². The van der Waals surface area contributed by atoms with Crippen LogP contribution in [0.4, 0.5) is 0 Å². The molecule has 4 rings (SSSR count). The smallest absolute Gasteiger partial charge is 0.166 e. The zero-order valence-corrected chi connectivity index (χ0v) is 11.6. The van der Waals surface area contributed by atoms with Crippen LogP contribution in [-0.4, -0.2) is 17.2 Å². The van der Waals surface area contributed by atoms with Gasteiger partial charge in [0.2, 0.25) is 0 Å². The summed E-state index contributed by atoms with van der Waals surface area (Å²) in [6.07, 6.45) is 9.73. The zero-order valence-electron chi connectivity index (χ0n) is 10.8. The number of hydrogen-bond donors (Lipinski definition) is 2. The van der Waals surface area contributed by atoms with Crippen LogP contribution in [0.3, 0.4) is 0 Å². The Labute approximate surface area is 110 Å². The average Bonchev–Trinajstić information content (AvgIpc) is 2.23. The third-order valence-corrected chi connectivity index (χ3v) is 5.20. The number of hydrogen-bond acceptors (Lipinski definition) is 1. The van der Waals surface area contributed by atoms with Gasteiger partial charge in [-0.2, -0.15) is 0 Å². The molecular weight excluding hydrogens is 228 g/mol. The lowest BCUT2D eigenvalue weighted by molar-refractivity contribution is -0.0101. The molecule has 0 aromatic carbocycles. The van der Waals surface area contributed by atoms with Gasteiger partial charge in [0.25, 0.3) is 0 Å². The second-order valence-corrected chi connectivity index (χ2v) is 6.99. The Morgan fingerprint density at radius 3 is 2.12 bits per heavy atom. The molecule has 0 unspecified atom stereocenters. The molecule has 0 aromatic rings. The maximum absolute atomic E-state index is 5.43. The van der Waals surface area contributed by atoms with Crippen molar-refractivity contribution in [1.82, 2.24) is 10.6 Å². The normalized spacial score (nSPS) is 42.5. The lowest BCUT2D eigenvalue weighted by atomic mass is 9.53. The first-order chi connectivity index (χ1) is 8.19. The van der Waals surface area contributed by atoms with Gasteiger partial charge >= 0.3 is 0 Å². The highest BCUT2D eigenvalue weighted by atomic mass is 32.1. The van der Waals surface area contributed by atoms with Gasteiger partial charge in [0.05, 0.1) is 0 Å². The largest absolute Gasteiger partial charge is 0.363 e. The van der Waals surface area contributed by atoms with Crippen LogP contribution in [0.5, 0.6) is 0 Å². The van der Waals surface area contributed by atoms with E-state index >= 15 is 0 Å². The molecule has 4 bridgehead atoms. The standard InChI is InChI=1S/C14H24N2S/c1-2-3-15-13(17)16-14-7-10-4-11(8-14)6-12(5-10)9-14/h10-12H,2-9H2,1H3,(H2,15,16,17). The maximum Gasteiger partial charge on any atom is 0.166 e. The Morgan fingerprint density at radius 1 is 1.12 bits per heavy atom. The molecule has 0 spiro atoms. The van der Waals surface area contributed by atoms with E-state index in [0.29, 0.717) is 5.54 Å². The number of rotatable bonds is 3. The van der Waals surface area contributed by atoms with Crippen molar-refractivity contribution in [3.63, 3.8) is 0 Å². The van der Waals surface area contributed by atoms with Gasteiger partial charge in [0, 0.05) is 12.1 Å². The average molecular weight is 252 g/mol. The quantitative estimate of drug-likeness (QED) is 0.755. The highest BCUT2D eigenvalue weighted by Crippen LogP contribution is 2.55. The lowest BCUT2D eigenvalue weighted by Crippen LogP contribution is -2.61. The fourth-order valence-electron chi connectivity index (χ4n) is 4.79. The van der Waals surface area contributed by atoms with Crippen LogP contribution in [0.25, 0.3) is 0 Å². The summed E-state index contributed by atoms with van der Waals surface area (Å²) in [5.41, 5.74) is 0.368. The third-order valence-electron chi connectivity index (χ3n) is 4.95. The van der Waals surface area contributed by atoms with Gasteiger partial charge in [0.1, 0.15) is 0 Å². The topological polar surface area (TPSA) is 24.1 Å². The molecule has 0 atom stereocenters. The molecule has 0 radical (unpaired) electrons. The molecule has 0 aliphatic heterocycles. The first kappa shape index (κ1) is 11.8. The second kappa shape index (κ2) is 4.42. The number of thiocarbonyl (C=S) groups is 1. The molecule has 4 saturated carbocycles. The van der Waals surface area contributed by atoms with E-state index in [1.165, 1.54) is 38.5 Å². The highest BCUT2D eigenvalue weighted by Gasteiger charge is 2.51. The fraction of sp³-hybridized carbons (Fsp3) is 0.929. The Morgan fingerprint density at radius 2 is 1.65 bits per heavy atom. The van der Waals surface area contributed by atoms with Gasteiger partial charge in [-0.1, -0.05) is 6.92 Å². The van der Waals surface area contributed by atoms with Crippen LogP contribution in [-0.2, 0) is 0 Å². The van der Waals surface area contributed by atoms with Crippen molar-refractivity contribution in [3.8, 4) is 0 Å². The van der Waals surface area contributed by atoms with Gasteiger partial charge in [-0.25, -0.2) is 0 Å².